The summed E-state index contributed by atoms with van der Waals surface area (Å²) < 4.78 is 33.3. The minimum absolute atomic E-state index is 0.556. The molecule has 0 amide bonds. The number of hydrogen-bond acceptors (Lipinski definition) is 6. The van der Waals surface area contributed by atoms with Gasteiger partial charge in [-0.15, -0.1) is 0 Å². The third-order valence-electron chi connectivity index (χ3n) is 4.75. The molecule has 0 aromatic rings. The van der Waals surface area contributed by atoms with Crippen molar-refractivity contribution in [1.29, 1.82) is 0 Å². The number of quaternary nitrogens is 1. The van der Waals surface area contributed by atoms with Gasteiger partial charge < -0.3 is 32.9 Å². The predicted molar refractivity (Wildman–Crippen MR) is 96.0 cm³/mol. The number of likely N-dealkylation sites (N-methyl/N-ethyl adjacent to an activating group) is 1. The molecule has 0 aromatic heterocycles. The van der Waals surface area contributed by atoms with Crippen LogP contribution in [0, 0.1) is 0 Å². The van der Waals surface area contributed by atoms with Crippen molar-refractivity contribution in [2.75, 3.05) is 100 Å². The number of likely N-dealkylation sites (tertiary alicyclic amines) is 1. The maximum Gasteiger partial charge on any atom is 0.113 e. The minimum Gasteiger partial charge on any atom is -0.382 e. The van der Waals surface area contributed by atoms with E-state index in [1.54, 1.807) is 14.2 Å². The molecule has 1 rings (SSSR count). The molecule has 1 aliphatic heterocycles. The Labute approximate surface area is 153 Å². The topological polar surface area (TPSA) is 55.4 Å². The van der Waals surface area contributed by atoms with Crippen LogP contribution in [0.3, 0.4) is 0 Å². The average molecular weight is 365 g/mol. The standard InChI is InChI=1S/C18H38NO6/c1-19(7-8-22-13-14-23-11-9-20-2)6-4-5-18(19)17-25-16-15-24-12-10-21-3/h18H,4-17H2,1-3H3/q+1. The maximum absolute atomic E-state index is 5.82. The molecular weight excluding hydrogens is 326 g/mol. The summed E-state index contributed by atoms with van der Waals surface area (Å²) in [5, 5.41) is 0. The van der Waals surface area contributed by atoms with Crippen molar-refractivity contribution in [1.82, 2.24) is 0 Å². The molecule has 0 N–H and O–H groups in total. The lowest BCUT2D eigenvalue weighted by molar-refractivity contribution is -0.921. The number of methoxy groups -OCH3 is 2. The molecule has 1 fully saturated rings. The zero-order chi connectivity index (χ0) is 18.2. The van der Waals surface area contributed by atoms with Gasteiger partial charge in [-0.1, -0.05) is 0 Å². The molecule has 0 saturated carbocycles. The van der Waals surface area contributed by atoms with Crippen LogP contribution < -0.4 is 0 Å². The number of rotatable bonds is 17. The number of nitrogens with zero attached hydrogens (tertiary/aromatic N) is 1. The second kappa shape index (κ2) is 14.8. The highest BCUT2D eigenvalue weighted by Gasteiger charge is 2.37. The van der Waals surface area contributed by atoms with E-state index < -0.39 is 0 Å². The second-order valence-corrected chi connectivity index (χ2v) is 6.62. The van der Waals surface area contributed by atoms with Crippen LogP contribution in [0.25, 0.3) is 0 Å². The zero-order valence-electron chi connectivity index (χ0n) is 16.4. The van der Waals surface area contributed by atoms with E-state index in [4.69, 9.17) is 28.4 Å². The van der Waals surface area contributed by atoms with Crippen molar-refractivity contribution in [2.45, 2.75) is 18.9 Å². The van der Waals surface area contributed by atoms with Gasteiger partial charge in [0, 0.05) is 27.1 Å². The van der Waals surface area contributed by atoms with Crippen LogP contribution >= 0.6 is 0 Å². The second-order valence-electron chi connectivity index (χ2n) is 6.62. The largest absolute Gasteiger partial charge is 0.382 e. The van der Waals surface area contributed by atoms with Gasteiger partial charge in [-0.25, -0.2) is 0 Å². The van der Waals surface area contributed by atoms with Gasteiger partial charge >= 0.3 is 0 Å². The van der Waals surface area contributed by atoms with Gasteiger partial charge in [0.05, 0.1) is 79.7 Å². The molecular formula is C18H38NO6+. The Hall–Kier alpha value is -0.280. The number of hydrogen-bond donors (Lipinski definition) is 0. The summed E-state index contributed by atoms with van der Waals surface area (Å²) in [5.74, 6) is 0. The van der Waals surface area contributed by atoms with Gasteiger partial charge in [-0.2, -0.15) is 0 Å². The SMILES string of the molecule is COCCOCCOCC[N+]1(C)CCCC1COCCOCCOC. The molecule has 7 nitrogen and oxygen atoms in total. The first kappa shape index (κ1) is 22.8. The summed E-state index contributed by atoms with van der Waals surface area (Å²) in [6.45, 7) is 8.86. The molecule has 1 saturated heterocycles. The molecule has 1 heterocycles. The van der Waals surface area contributed by atoms with E-state index in [0.717, 1.165) is 24.2 Å². The highest BCUT2D eigenvalue weighted by atomic mass is 16.5. The third kappa shape index (κ3) is 10.5. The van der Waals surface area contributed by atoms with E-state index in [2.05, 4.69) is 7.05 Å². The van der Waals surface area contributed by atoms with Crippen LogP contribution in [0.4, 0.5) is 0 Å². The van der Waals surface area contributed by atoms with Crippen LogP contribution in [0.5, 0.6) is 0 Å². The average Bonchev–Trinajstić information content (AvgIpc) is 2.97. The van der Waals surface area contributed by atoms with E-state index in [1.165, 1.54) is 19.4 Å². The molecule has 0 spiro atoms. The first-order valence-electron chi connectivity index (χ1n) is 9.36. The molecule has 2 unspecified atom stereocenters. The first-order chi connectivity index (χ1) is 12.2. The van der Waals surface area contributed by atoms with Crippen molar-refractivity contribution >= 4 is 0 Å². The Bertz CT molecular complexity index is 307. The molecule has 2 atom stereocenters. The summed E-state index contributed by atoms with van der Waals surface area (Å²) >= 11 is 0. The lowest BCUT2D eigenvalue weighted by atomic mass is 10.2. The molecule has 0 aromatic carbocycles. The van der Waals surface area contributed by atoms with E-state index in [-0.39, 0.29) is 0 Å². The smallest absolute Gasteiger partial charge is 0.113 e. The quantitative estimate of drug-likeness (QED) is 0.283. The number of ether oxygens (including phenoxy) is 6. The van der Waals surface area contributed by atoms with Crippen molar-refractivity contribution in [3.63, 3.8) is 0 Å². The minimum atomic E-state index is 0.556. The summed E-state index contributed by atoms with van der Waals surface area (Å²) in [5.41, 5.74) is 0. The molecule has 25 heavy (non-hydrogen) atoms. The van der Waals surface area contributed by atoms with Gasteiger partial charge in [0.25, 0.3) is 0 Å². The lowest BCUT2D eigenvalue weighted by Gasteiger charge is -2.36. The van der Waals surface area contributed by atoms with Crippen molar-refractivity contribution in [3.8, 4) is 0 Å². The Morgan fingerprint density at radius 3 is 1.84 bits per heavy atom. The third-order valence-corrected chi connectivity index (χ3v) is 4.75. The van der Waals surface area contributed by atoms with E-state index in [1.807, 2.05) is 0 Å². The van der Waals surface area contributed by atoms with Crippen LogP contribution in [0.2, 0.25) is 0 Å². The Kier molecular flexibility index (Phi) is 13.5. The van der Waals surface area contributed by atoms with E-state index >= 15 is 0 Å². The molecule has 1 aliphatic rings. The van der Waals surface area contributed by atoms with Crippen molar-refractivity contribution < 1.29 is 32.9 Å². The van der Waals surface area contributed by atoms with Gasteiger partial charge in [-0.05, 0) is 0 Å². The zero-order valence-corrected chi connectivity index (χ0v) is 16.4. The van der Waals surface area contributed by atoms with Gasteiger partial charge in [-0.3, -0.25) is 0 Å². The van der Waals surface area contributed by atoms with E-state index in [0.29, 0.717) is 58.9 Å². The van der Waals surface area contributed by atoms with Gasteiger partial charge in [0.2, 0.25) is 0 Å². The highest BCUT2D eigenvalue weighted by Crippen LogP contribution is 2.24. The maximum atomic E-state index is 5.82. The monoisotopic (exact) mass is 364 g/mol. The van der Waals surface area contributed by atoms with Crippen molar-refractivity contribution in [2.24, 2.45) is 0 Å². The molecule has 150 valence electrons. The van der Waals surface area contributed by atoms with Gasteiger partial charge in [0.15, 0.2) is 0 Å². The van der Waals surface area contributed by atoms with Crippen LogP contribution in [-0.2, 0) is 28.4 Å². The molecule has 0 aliphatic carbocycles. The summed E-state index contributed by atoms with van der Waals surface area (Å²) in [7, 11) is 5.67. The van der Waals surface area contributed by atoms with Gasteiger partial charge in [0.1, 0.15) is 12.6 Å². The fourth-order valence-corrected chi connectivity index (χ4v) is 3.06. The molecule has 0 bridgehead atoms. The highest BCUT2D eigenvalue weighted by molar-refractivity contribution is 4.67. The fraction of sp³-hybridized carbons (Fsp3) is 1.00. The summed E-state index contributed by atoms with van der Waals surface area (Å²) in [6, 6.07) is 0.556. The Morgan fingerprint density at radius 2 is 1.24 bits per heavy atom. The molecule has 0 radical (unpaired) electrons. The summed E-state index contributed by atoms with van der Waals surface area (Å²) in [6.07, 6.45) is 2.48. The fourth-order valence-electron chi connectivity index (χ4n) is 3.06. The van der Waals surface area contributed by atoms with Crippen molar-refractivity contribution in [3.05, 3.63) is 0 Å². The normalized spacial score (nSPS) is 23.4. The first-order valence-corrected chi connectivity index (χ1v) is 9.36. The van der Waals surface area contributed by atoms with Crippen LogP contribution in [0.1, 0.15) is 12.8 Å². The Morgan fingerprint density at radius 1 is 0.720 bits per heavy atom. The molecule has 7 heteroatoms. The predicted octanol–water partition coefficient (Wildman–Crippen LogP) is 0.955. The Balaban J connectivity index is 2.05. The van der Waals surface area contributed by atoms with Crippen LogP contribution in [-0.4, -0.2) is 111 Å². The summed E-state index contributed by atoms with van der Waals surface area (Å²) in [4.78, 5) is 0. The van der Waals surface area contributed by atoms with E-state index in [9.17, 15) is 0 Å². The lowest BCUT2D eigenvalue weighted by Crippen LogP contribution is -2.52. The van der Waals surface area contributed by atoms with Crippen LogP contribution in [0.15, 0.2) is 0 Å².